The first-order valence-corrected chi connectivity index (χ1v) is 5.14. The number of hydrogen-bond donors (Lipinski definition) is 0. The first-order valence-electron chi connectivity index (χ1n) is 5.14. The Hall–Kier alpha value is -0.330. The summed E-state index contributed by atoms with van der Waals surface area (Å²) in [5, 5.41) is 0. The number of rotatable bonds is 9. The van der Waals surface area contributed by atoms with Crippen molar-refractivity contribution in [2.24, 2.45) is 0 Å². The Balaban J connectivity index is 2.77. The highest BCUT2D eigenvalue weighted by Gasteiger charge is 1.90. The minimum Gasteiger partial charge on any atom is -0.303 e. The van der Waals surface area contributed by atoms with Gasteiger partial charge in [0.05, 0.1) is 0 Å². The van der Waals surface area contributed by atoms with E-state index in [0.717, 1.165) is 25.5 Å². The van der Waals surface area contributed by atoms with E-state index < -0.39 is 0 Å². The van der Waals surface area contributed by atoms with Crippen molar-refractivity contribution in [2.45, 2.75) is 57.8 Å². The van der Waals surface area contributed by atoms with Gasteiger partial charge in [0.2, 0.25) is 0 Å². The van der Waals surface area contributed by atoms with Crippen molar-refractivity contribution in [3.8, 4) is 0 Å². The molecule has 0 amide bonds. The second-order valence-corrected chi connectivity index (χ2v) is 3.28. The van der Waals surface area contributed by atoms with Gasteiger partial charge in [-0.15, -0.1) is 0 Å². The molecule has 0 aliphatic heterocycles. The Bertz CT molecular complexity index is 89.0. The number of carbonyl (C=O) groups excluding carboxylic acids is 1. The fourth-order valence-electron chi connectivity index (χ4n) is 1.29. The van der Waals surface area contributed by atoms with Crippen LogP contribution in [0.4, 0.5) is 0 Å². The van der Waals surface area contributed by atoms with Crippen molar-refractivity contribution in [1.82, 2.24) is 0 Å². The van der Waals surface area contributed by atoms with Crippen molar-refractivity contribution in [3.05, 3.63) is 6.92 Å². The molecule has 71 valence electrons. The topological polar surface area (TPSA) is 17.1 Å². The Kier molecular flexibility index (Phi) is 10.4. The van der Waals surface area contributed by atoms with Crippen LogP contribution in [-0.2, 0) is 4.79 Å². The molecule has 0 aliphatic carbocycles. The van der Waals surface area contributed by atoms with E-state index in [-0.39, 0.29) is 0 Å². The van der Waals surface area contributed by atoms with Gasteiger partial charge in [-0.2, -0.15) is 0 Å². The number of aldehydes is 1. The Labute approximate surface area is 76.6 Å². The van der Waals surface area contributed by atoms with Gasteiger partial charge in [-0.1, -0.05) is 51.9 Å². The van der Waals surface area contributed by atoms with Crippen molar-refractivity contribution in [1.29, 1.82) is 0 Å². The van der Waals surface area contributed by atoms with Gasteiger partial charge in [-0.3, -0.25) is 0 Å². The molecule has 0 spiro atoms. The number of unbranched alkanes of at least 4 members (excludes halogenated alkanes) is 8. The minimum absolute atomic E-state index is 0.749. The Morgan fingerprint density at radius 3 is 1.83 bits per heavy atom. The standard InChI is InChI=1S/C11H21O/c1-2-3-4-5-6-7-8-9-10-11-12/h11H,1-10H2. The summed E-state index contributed by atoms with van der Waals surface area (Å²) in [7, 11) is 0. The van der Waals surface area contributed by atoms with E-state index in [1.54, 1.807) is 0 Å². The maximum atomic E-state index is 9.97. The van der Waals surface area contributed by atoms with Crippen LogP contribution in [0, 0.1) is 6.92 Å². The average molecular weight is 169 g/mol. The molecule has 0 atom stereocenters. The van der Waals surface area contributed by atoms with Gasteiger partial charge in [-0.25, -0.2) is 0 Å². The van der Waals surface area contributed by atoms with Gasteiger partial charge >= 0.3 is 0 Å². The Morgan fingerprint density at radius 2 is 1.33 bits per heavy atom. The molecule has 0 heterocycles. The average Bonchev–Trinajstić information content (AvgIpc) is 2.10. The lowest BCUT2D eigenvalue weighted by atomic mass is 10.1. The summed E-state index contributed by atoms with van der Waals surface area (Å²) in [6, 6.07) is 0. The maximum absolute atomic E-state index is 9.97. The van der Waals surface area contributed by atoms with Crippen molar-refractivity contribution in [2.75, 3.05) is 0 Å². The third kappa shape index (κ3) is 9.67. The molecular weight excluding hydrogens is 148 g/mol. The van der Waals surface area contributed by atoms with Gasteiger partial charge in [0, 0.05) is 6.42 Å². The van der Waals surface area contributed by atoms with Crippen molar-refractivity contribution in [3.63, 3.8) is 0 Å². The van der Waals surface area contributed by atoms with Gasteiger partial charge in [-0.05, 0) is 6.42 Å². The minimum atomic E-state index is 0.749. The predicted molar refractivity (Wildman–Crippen MR) is 53.0 cm³/mol. The van der Waals surface area contributed by atoms with Crippen LogP contribution in [-0.4, -0.2) is 6.29 Å². The summed E-state index contributed by atoms with van der Waals surface area (Å²) < 4.78 is 0. The van der Waals surface area contributed by atoms with Gasteiger partial charge < -0.3 is 4.79 Å². The summed E-state index contributed by atoms with van der Waals surface area (Å²) >= 11 is 0. The summed E-state index contributed by atoms with van der Waals surface area (Å²) in [6.45, 7) is 3.81. The molecule has 0 saturated heterocycles. The first kappa shape index (κ1) is 11.7. The zero-order valence-electron chi connectivity index (χ0n) is 8.06. The molecule has 1 radical (unpaired) electrons. The SMILES string of the molecule is [CH2]CCCCCCCCCC=O. The third-order valence-electron chi connectivity index (χ3n) is 2.07. The molecule has 0 fully saturated rings. The zero-order valence-corrected chi connectivity index (χ0v) is 8.06. The lowest BCUT2D eigenvalue weighted by Crippen LogP contribution is -1.81. The van der Waals surface area contributed by atoms with E-state index in [9.17, 15) is 4.79 Å². The monoisotopic (exact) mass is 169 g/mol. The van der Waals surface area contributed by atoms with Crippen LogP contribution in [0.1, 0.15) is 57.8 Å². The summed E-state index contributed by atoms with van der Waals surface area (Å²) in [6.07, 6.45) is 11.7. The molecule has 12 heavy (non-hydrogen) atoms. The van der Waals surface area contributed by atoms with Crippen molar-refractivity contribution >= 4 is 6.29 Å². The summed E-state index contributed by atoms with van der Waals surface area (Å²) in [5.41, 5.74) is 0. The quantitative estimate of drug-likeness (QED) is 0.381. The molecule has 0 rings (SSSR count). The highest BCUT2D eigenvalue weighted by atomic mass is 16.1. The molecule has 0 N–H and O–H groups in total. The molecule has 0 aromatic heterocycles. The number of hydrogen-bond acceptors (Lipinski definition) is 1. The fourth-order valence-corrected chi connectivity index (χ4v) is 1.29. The lowest BCUT2D eigenvalue weighted by Gasteiger charge is -1.98. The molecule has 0 unspecified atom stereocenters. The lowest BCUT2D eigenvalue weighted by molar-refractivity contribution is -0.107. The van der Waals surface area contributed by atoms with Crippen LogP contribution in [0.2, 0.25) is 0 Å². The van der Waals surface area contributed by atoms with Crippen LogP contribution in [0.25, 0.3) is 0 Å². The molecule has 0 saturated carbocycles. The smallest absolute Gasteiger partial charge is 0.119 e. The van der Waals surface area contributed by atoms with E-state index in [1.165, 1.54) is 38.5 Å². The third-order valence-corrected chi connectivity index (χ3v) is 2.07. The second kappa shape index (κ2) is 10.7. The van der Waals surface area contributed by atoms with Crippen LogP contribution in [0.15, 0.2) is 0 Å². The van der Waals surface area contributed by atoms with Gasteiger partial charge in [0.1, 0.15) is 6.29 Å². The Morgan fingerprint density at radius 1 is 0.833 bits per heavy atom. The highest BCUT2D eigenvalue weighted by molar-refractivity contribution is 5.48. The van der Waals surface area contributed by atoms with Gasteiger partial charge in [0.15, 0.2) is 0 Å². The van der Waals surface area contributed by atoms with E-state index >= 15 is 0 Å². The van der Waals surface area contributed by atoms with E-state index in [4.69, 9.17) is 0 Å². The molecule has 0 aromatic rings. The molecule has 0 bridgehead atoms. The second-order valence-electron chi connectivity index (χ2n) is 3.28. The maximum Gasteiger partial charge on any atom is 0.119 e. The number of carbonyl (C=O) groups is 1. The highest BCUT2D eigenvalue weighted by Crippen LogP contribution is 2.08. The van der Waals surface area contributed by atoms with E-state index in [0.29, 0.717) is 0 Å². The van der Waals surface area contributed by atoms with Gasteiger partial charge in [0.25, 0.3) is 0 Å². The van der Waals surface area contributed by atoms with E-state index in [2.05, 4.69) is 6.92 Å². The predicted octanol–water partition coefficient (Wildman–Crippen LogP) is 3.53. The molecule has 1 nitrogen and oxygen atoms in total. The van der Waals surface area contributed by atoms with Crippen molar-refractivity contribution < 1.29 is 4.79 Å². The van der Waals surface area contributed by atoms with Crippen LogP contribution >= 0.6 is 0 Å². The van der Waals surface area contributed by atoms with Crippen LogP contribution in [0.3, 0.4) is 0 Å². The summed E-state index contributed by atoms with van der Waals surface area (Å²) in [5.74, 6) is 0. The van der Waals surface area contributed by atoms with Crippen LogP contribution < -0.4 is 0 Å². The molecule has 0 aliphatic rings. The normalized spacial score (nSPS) is 10.1. The largest absolute Gasteiger partial charge is 0.303 e. The zero-order chi connectivity index (χ0) is 9.07. The summed E-state index contributed by atoms with van der Waals surface area (Å²) in [4.78, 5) is 9.97. The molecular formula is C11H21O. The molecule has 0 aromatic carbocycles. The molecule has 1 heteroatoms. The van der Waals surface area contributed by atoms with E-state index in [1.807, 2.05) is 0 Å². The first-order chi connectivity index (χ1) is 5.91. The van der Waals surface area contributed by atoms with Crippen LogP contribution in [0.5, 0.6) is 0 Å². The fraction of sp³-hybridized carbons (Fsp3) is 0.818.